The number of rotatable bonds is 4. The van der Waals surface area contributed by atoms with E-state index >= 15 is 0 Å². The normalized spacial score (nSPS) is 11.7. The molecular formula is C46H29N3. The quantitative estimate of drug-likeness (QED) is 0.195. The molecule has 0 spiro atoms. The van der Waals surface area contributed by atoms with Crippen LogP contribution in [-0.4, -0.2) is 14.5 Å². The lowest BCUT2D eigenvalue weighted by Crippen LogP contribution is -1.98. The molecule has 8 aromatic carbocycles. The molecule has 0 unspecified atom stereocenters. The average molecular weight is 624 g/mol. The van der Waals surface area contributed by atoms with Crippen molar-refractivity contribution in [3.05, 3.63) is 176 Å². The predicted molar refractivity (Wildman–Crippen MR) is 205 cm³/mol. The maximum atomic E-state index is 5.19. The molecule has 0 saturated carbocycles. The zero-order valence-electron chi connectivity index (χ0n) is 26.6. The van der Waals surface area contributed by atoms with Crippen LogP contribution in [-0.2, 0) is 0 Å². The van der Waals surface area contributed by atoms with Crippen LogP contribution in [0.3, 0.4) is 0 Å². The molecule has 0 amide bonds. The summed E-state index contributed by atoms with van der Waals surface area (Å²) in [5.41, 5.74) is 8.47. The molecule has 49 heavy (non-hydrogen) atoms. The monoisotopic (exact) mass is 623 g/mol. The molecule has 0 saturated heterocycles. The summed E-state index contributed by atoms with van der Waals surface area (Å²) in [6.45, 7) is 0. The third-order valence-corrected chi connectivity index (χ3v) is 9.79. The number of hydrogen-bond donors (Lipinski definition) is 0. The van der Waals surface area contributed by atoms with Crippen molar-refractivity contribution >= 4 is 54.1 Å². The Kier molecular flexibility index (Phi) is 6.18. The lowest BCUT2D eigenvalue weighted by Gasteiger charge is -2.15. The summed E-state index contributed by atoms with van der Waals surface area (Å²) >= 11 is 0. The Bertz CT molecular complexity index is 2720. The first-order chi connectivity index (χ1) is 24.3. The molecule has 3 heteroatoms. The highest BCUT2D eigenvalue weighted by molar-refractivity contribution is 6.28. The Balaban J connectivity index is 1.27. The summed E-state index contributed by atoms with van der Waals surface area (Å²) < 4.78 is 2.46. The van der Waals surface area contributed by atoms with Gasteiger partial charge >= 0.3 is 0 Å². The van der Waals surface area contributed by atoms with Crippen molar-refractivity contribution in [1.82, 2.24) is 14.5 Å². The maximum absolute atomic E-state index is 5.19. The lowest BCUT2D eigenvalue weighted by atomic mass is 9.99. The van der Waals surface area contributed by atoms with Crippen LogP contribution in [0.2, 0.25) is 0 Å². The van der Waals surface area contributed by atoms with Crippen LogP contribution < -0.4 is 0 Å². The van der Waals surface area contributed by atoms with Gasteiger partial charge in [0, 0.05) is 32.8 Å². The van der Waals surface area contributed by atoms with E-state index < -0.39 is 0 Å². The molecule has 0 N–H and O–H groups in total. The summed E-state index contributed by atoms with van der Waals surface area (Å²) in [4.78, 5) is 10.2. The van der Waals surface area contributed by atoms with Gasteiger partial charge in [-0.3, -0.25) is 0 Å². The minimum Gasteiger partial charge on any atom is -0.309 e. The van der Waals surface area contributed by atoms with Crippen molar-refractivity contribution in [2.75, 3.05) is 0 Å². The summed E-state index contributed by atoms with van der Waals surface area (Å²) in [5, 5.41) is 9.91. The number of nitrogens with zero attached hydrogens (tertiary/aromatic N) is 3. The van der Waals surface area contributed by atoms with Crippen LogP contribution in [0.25, 0.3) is 93.7 Å². The molecule has 0 aliphatic rings. The third-order valence-electron chi connectivity index (χ3n) is 9.79. The fourth-order valence-electron chi connectivity index (χ4n) is 7.58. The van der Waals surface area contributed by atoms with E-state index in [0.717, 1.165) is 39.2 Å². The first-order valence-electron chi connectivity index (χ1n) is 16.7. The van der Waals surface area contributed by atoms with Gasteiger partial charge in [-0.2, -0.15) is 0 Å². The van der Waals surface area contributed by atoms with Gasteiger partial charge in [0.25, 0.3) is 0 Å². The maximum Gasteiger partial charge on any atom is 0.160 e. The lowest BCUT2D eigenvalue weighted by molar-refractivity contribution is 1.18. The van der Waals surface area contributed by atoms with E-state index in [1.807, 2.05) is 24.3 Å². The molecule has 0 atom stereocenters. The Labute approximate surface area is 283 Å². The zero-order chi connectivity index (χ0) is 32.3. The van der Waals surface area contributed by atoms with Crippen LogP contribution >= 0.6 is 0 Å². The molecule has 0 aliphatic heterocycles. The van der Waals surface area contributed by atoms with Crippen molar-refractivity contribution in [3.63, 3.8) is 0 Å². The van der Waals surface area contributed by atoms with E-state index in [9.17, 15) is 0 Å². The van der Waals surface area contributed by atoms with Crippen molar-refractivity contribution in [1.29, 1.82) is 0 Å². The van der Waals surface area contributed by atoms with Gasteiger partial charge in [-0.05, 0) is 51.2 Å². The van der Waals surface area contributed by atoms with Crippen LogP contribution in [0, 0.1) is 0 Å². The van der Waals surface area contributed by atoms with Gasteiger partial charge in [0.05, 0.1) is 28.1 Å². The topological polar surface area (TPSA) is 30.7 Å². The van der Waals surface area contributed by atoms with Crippen LogP contribution in [0.1, 0.15) is 0 Å². The second-order valence-electron chi connectivity index (χ2n) is 12.6. The first kappa shape index (κ1) is 27.5. The Morgan fingerprint density at radius 2 is 0.898 bits per heavy atom. The molecule has 0 radical (unpaired) electrons. The van der Waals surface area contributed by atoms with E-state index in [-0.39, 0.29) is 0 Å². The smallest absolute Gasteiger partial charge is 0.160 e. The van der Waals surface area contributed by atoms with Crippen LogP contribution in [0.5, 0.6) is 0 Å². The molecule has 228 valence electrons. The molecule has 0 fully saturated rings. The van der Waals surface area contributed by atoms with Gasteiger partial charge in [0.2, 0.25) is 0 Å². The second kappa shape index (κ2) is 11.0. The van der Waals surface area contributed by atoms with Gasteiger partial charge in [0.1, 0.15) is 0 Å². The van der Waals surface area contributed by atoms with E-state index in [0.29, 0.717) is 5.82 Å². The van der Waals surface area contributed by atoms with E-state index in [1.54, 1.807) is 0 Å². The predicted octanol–water partition coefficient (Wildman–Crippen LogP) is 12.0. The number of fused-ring (bicyclic) bond motifs is 8. The van der Waals surface area contributed by atoms with Gasteiger partial charge in [0.15, 0.2) is 5.82 Å². The summed E-state index contributed by atoms with van der Waals surface area (Å²) in [5.74, 6) is 0.714. The second-order valence-corrected chi connectivity index (χ2v) is 12.6. The van der Waals surface area contributed by atoms with Crippen molar-refractivity contribution in [2.24, 2.45) is 0 Å². The zero-order valence-corrected chi connectivity index (χ0v) is 26.6. The molecule has 2 aromatic heterocycles. The molecule has 10 rings (SSSR count). The molecule has 2 heterocycles. The van der Waals surface area contributed by atoms with Gasteiger partial charge in [-0.15, -0.1) is 0 Å². The van der Waals surface area contributed by atoms with Gasteiger partial charge in [-0.1, -0.05) is 152 Å². The largest absolute Gasteiger partial charge is 0.309 e. The average Bonchev–Trinajstić information content (AvgIpc) is 3.53. The fourth-order valence-corrected chi connectivity index (χ4v) is 7.58. The van der Waals surface area contributed by atoms with Gasteiger partial charge in [-0.25, -0.2) is 9.97 Å². The Morgan fingerprint density at radius 3 is 1.57 bits per heavy atom. The minimum atomic E-state index is 0.714. The number of benzene rings is 8. The molecule has 3 nitrogen and oxygen atoms in total. The van der Waals surface area contributed by atoms with Crippen LogP contribution in [0.4, 0.5) is 0 Å². The number of aromatic nitrogens is 3. The molecular weight excluding hydrogens is 595 g/mol. The molecule has 10 aromatic rings. The van der Waals surface area contributed by atoms with Crippen LogP contribution in [0.15, 0.2) is 176 Å². The third kappa shape index (κ3) is 4.37. The Morgan fingerprint density at radius 1 is 0.367 bits per heavy atom. The van der Waals surface area contributed by atoms with E-state index in [1.165, 1.54) is 48.7 Å². The van der Waals surface area contributed by atoms with E-state index in [4.69, 9.17) is 9.97 Å². The van der Waals surface area contributed by atoms with E-state index in [2.05, 4.69) is 156 Å². The fraction of sp³-hybridized carbons (Fsp3) is 0. The standard InChI is InChI=1S/C46H29N3/c1-3-15-32(16-4-1)39-29-40(48-46(47-39)33-17-5-2-6-18-33)37-22-11-23-38-36(37)21-12-24-41(38)49-42-27-25-30-13-7-9-19-34(30)44(42)45-35-20-10-8-14-31(35)26-28-43(45)49/h1-29H. The molecule has 0 bridgehead atoms. The van der Waals surface area contributed by atoms with Crippen molar-refractivity contribution in [3.8, 4) is 39.6 Å². The SMILES string of the molecule is c1ccc(-c2cc(-c3cccc4c(-n5c6ccc7ccccc7c6c6c7ccccc7ccc65)cccc34)nc(-c3ccccc3)n2)cc1. The van der Waals surface area contributed by atoms with Gasteiger partial charge < -0.3 is 4.57 Å². The molecule has 0 aliphatic carbocycles. The number of hydrogen-bond acceptors (Lipinski definition) is 2. The van der Waals surface area contributed by atoms with Crippen molar-refractivity contribution in [2.45, 2.75) is 0 Å². The minimum absolute atomic E-state index is 0.714. The highest BCUT2D eigenvalue weighted by atomic mass is 15.0. The highest BCUT2D eigenvalue weighted by Crippen LogP contribution is 2.42. The summed E-state index contributed by atoms with van der Waals surface area (Å²) in [7, 11) is 0. The highest BCUT2D eigenvalue weighted by Gasteiger charge is 2.19. The van der Waals surface area contributed by atoms with Crippen molar-refractivity contribution < 1.29 is 0 Å². The first-order valence-corrected chi connectivity index (χ1v) is 16.7. The Hall–Kier alpha value is -6.58. The summed E-state index contributed by atoms with van der Waals surface area (Å²) in [6, 6.07) is 62.5. The summed E-state index contributed by atoms with van der Waals surface area (Å²) in [6.07, 6.45) is 0.